The zero-order valence-corrected chi connectivity index (χ0v) is 27.4. The van der Waals surface area contributed by atoms with E-state index in [-0.39, 0.29) is 5.41 Å². The molecule has 7 aromatic carbocycles. The zero-order valence-electron chi connectivity index (χ0n) is 26.5. The molecular formula is C45H29NOS. The molecule has 2 nitrogen and oxygen atoms in total. The Balaban J connectivity index is 1.11. The summed E-state index contributed by atoms with van der Waals surface area (Å²) in [6.07, 6.45) is 0. The molecule has 3 aromatic heterocycles. The number of hydrogen-bond donors (Lipinski definition) is 0. The quantitative estimate of drug-likeness (QED) is 0.186. The van der Waals surface area contributed by atoms with Gasteiger partial charge in [0.2, 0.25) is 0 Å². The maximum Gasteiger partial charge on any atom is 0.136 e. The van der Waals surface area contributed by atoms with E-state index < -0.39 is 0 Å². The molecule has 0 saturated carbocycles. The van der Waals surface area contributed by atoms with Crippen molar-refractivity contribution in [2.75, 3.05) is 0 Å². The van der Waals surface area contributed by atoms with Gasteiger partial charge in [-0.1, -0.05) is 98.8 Å². The summed E-state index contributed by atoms with van der Waals surface area (Å²) in [6.45, 7) is 4.71. The highest BCUT2D eigenvalue weighted by atomic mass is 32.1. The van der Waals surface area contributed by atoms with Gasteiger partial charge in [-0.25, -0.2) is 0 Å². The lowest BCUT2D eigenvalue weighted by atomic mass is 9.82. The minimum atomic E-state index is -0.0655. The molecule has 0 radical (unpaired) electrons. The third-order valence-electron chi connectivity index (χ3n) is 10.8. The number of benzene rings is 7. The van der Waals surface area contributed by atoms with Crippen molar-refractivity contribution in [1.82, 2.24) is 4.57 Å². The summed E-state index contributed by atoms with van der Waals surface area (Å²) >= 11 is 1.87. The van der Waals surface area contributed by atoms with Crippen molar-refractivity contribution < 1.29 is 4.42 Å². The first kappa shape index (κ1) is 26.4. The van der Waals surface area contributed by atoms with Gasteiger partial charge in [0.05, 0.1) is 11.0 Å². The Labute approximate surface area is 281 Å². The second kappa shape index (κ2) is 9.25. The van der Waals surface area contributed by atoms with Gasteiger partial charge in [-0.05, 0) is 88.0 Å². The van der Waals surface area contributed by atoms with E-state index in [4.69, 9.17) is 4.42 Å². The van der Waals surface area contributed by atoms with E-state index >= 15 is 0 Å². The maximum absolute atomic E-state index is 6.55. The summed E-state index contributed by atoms with van der Waals surface area (Å²) in [5, 5.41) is 7.46. The fourth-order valence-electron chi connectivity index (χ4n) is 8.49. The molecule has 0 spiro atoms. The van der Waals surface area contributed by atoms with Gasteiger partial charge < -0.3 is 8.98 Å². The van der Waals surface area contributed by atoms with Crippen LogP contribution in [0, 0.1) is 0 Å². The first-order chi connectivity index (χ1) is 23.5. The minimum absolute atomic E-state index is 0.0655. The number of hydrogen-bond acceptors (Lipinski definition) is 2. The molecule has 226 valence electrons. The van der Waals surface area contributed by atoms with Crippen molar-refractivity contribution in [2.24, 2.45) is 0 Å². The number of rotatable bonds is 2. The number of aromatic nitrogens is 1. The van der Waals surface area contributed by atoms with Crippen LogP contribution in [0.3, 0.4) is 0 Å². The molecule has 0 unspecified atom stereocenters. The lowest BCUT2D eigenvalue weighted by Gasteiger charge is -2.21. The molecule has 1 aliphatic carbocycles. The highest BCUT2D eigenvalue weighted by molar-refractivity contribution is 7.26. The standard InChI is InChI=1S/C45H29NOS/c1-45(2)37-15-6-3-10-29(37)34-24-35-30-11-4-7-16-39(30)46(40(35)25-38(34)45)27-19-21-41-36(23-27)31-20-18-26(22-42(31)47-41)28-13-9-14-33-32-12-5-8-17-43(32)48-44(28)33/h3-25H,1-2H3. The van der Waals surface area contributed by atoms with Crippen molar-refractivity contribution in [2.45, 2.75) is 19.3 Å². The summed E-state index contributed by atoms with van der Waals surface area (Å²) in [4.78, 5) is 0. The zero-order chi connectivity index (χ0) is 31.7. The van der Waals surface area contributed by atoms with Gasteiger partial charge in [0.15, 0.2) is 0 Å². The molecule has 3 heteroatoms. The van der Waals surface area contributed by atoms with Gasteiger partial charge in [-0.2, -0.15) is 0 Å². The Kier molecular flexibility index (Phi) is 5.09. The Hall–Kier alpha value is -5.64. The predicted molar refractivity (Wildman–Crippen MR) is 204 cm³/mol. The fraction of sp³-hybridized carbons (Fsp3) is 0.0667. The maximum atomic E-state index is 6.55. The van der Waals surface area contributed by atoms with Crippen LogP contribution < -0.4 is 0 Å². The van der Waals surface area contributed by atoms with E-state index in [2.05, 4.69) is 158 Å². The average molecular weight is 632 g/mol. The molecule has 11 rings (SSSR count). The normalized spacial score (nSPS) is 13.8. The lowest BCUT2D eigenvalue weighted by molar-refractivity contribution is 0.661. The van der Waals surface area contributed by atoms with Crippen LogP contribution in [0.1, 0.15) is 25.0 Å². The molecule has 0 bridgehead atoms. The summed E-state index contributed by atoms with van der Waals surface area (Å²) < 4.78 is 11.6. The third-order valence-corrected chi connectivity index (χ3v) is 12.0. The molecule has 1 aliphatic rings. The van der Waals surface area contributed by atoms with Crippen molar-refractivity contribution in [3.05, 3.63) is 151 Å². The molecule has 3 heterocycles. The summed E-state index contributed by atoms with van der Waals surface area (Å²) in [7, 11) is 0. The molecule has 10 aromatic rings. The Bertz CT molecular complexity index is 2990. The van der Waals surface area contributed by atoms with Crippen LogP contribution in [0.25, 0.3) is 91.9 Å². The van der Waals surface area contributed by atoms with E-state index in [1.807, 2.05) is 11.3 Å². The minimum Gasteiger partial charge on any atom is -0.456 e. The molecule has 48 heavy (non-hydrogen) atoms. The van der Waals surface area contributed by atoms with Crippen LogP contribution >= 0.6 is 11.3 Å². The SMILES string of the molecule is CC1(C)c2ccccc2-c2cc3c4ccccc4n(-c4ccc5oc6cc(-c7cccc8c7sc7ccccc78)ccc6c5c4)c3cc21. The Morgan fingerprint density at radius 1 is 0.500 bits per heavy atom. The molecule has 0 aliphatic heterocycles. The van der Waals surface area contributed by atoms with E-state index in [9.17, 15) is 0 Å². The number of nitrogens with zero attached hydrogens (tertiary/aromatic N) is 1. The first-order valence-corrected chi connectivity index (χ1v) is 17.4. The van der Waals surface area contributed by atoms with Gasteiger partial charge in [0.1, 0.15) is 11.2 Å². The van der Waals surface area contributed by atoms with E-state index in [1.54, 1.807) is 0 Å². The number of thiophene rings is 1. The van der Waals surface area contributed by atoms with Gasteiger partial charge in [-0.3, -0.25) is 0 Å². The monoisotopic (exact) mass is 631 g/mol. The van der Waals surface area contributed by atoms with E-state index in [1.165, 1.54) is 75.4 Å². The van der Waals surface area contributed by atoms with Gasteiger partial charge in [0, 0.05) is 52.8 Å². The van der Waals surface area contributed by atoms with E-state index in [0.29, 0.717) is 0 Å². The highest BCUT2D eigenvalue weighted by Crippen LogP contribution is 2.51. The summed E-state index contributed by atoms with van der Waals surface area (Å²) in [5.41, 5.74) is 13.3. The first-order valence-electron chi connectivity index (χ1n) is 16.6. The summed E-state index contributed by atoms with van der Waals surface area (Å²) in [5.74, 6) is 0. The largest absolute Gasteiger partial charge is 0.456 e. The van der Waals surface area contributed by atoms with Gasteiger partial charge in [0.25, 0.3) is 0 Å². The predicted octanol–water partition coefficient (Wildman–Crippen LogP) is 13.0. The highest BCUT2D eigenvalue weighted by Gasteiger charge is 2.36. The van der Waals surface area contributed by atoms with Crippen LogP contribution in [-0.4, -0.2) is 4.57 Å². The van der Waals surface area contributed by atoms with E-state index in [0.717, 1.165) is 27.6 Å². The van der Waals surface area contributed by atoms with Crippen molar-refractivity contribution >= 4 is 75.3 Å². The summed E-state index contributed by atoms with van der Waals surface area (Å²) in [6, 6.07) is 51.3. The smallest absolute Gasteiger partial charge is 0.136 e. The van der Waals surface area contributed by atoms with Crippen LogP contribution in [0.5, 0.6) is 0 Å². The number of furan rings is 1. The van der Waals surface area contributed by atoms with Crippen LogP contribution in [0.15, 0.2) is 144 Å². The second-order valence-corrected chi connectivity index (χ2v) is 14.8. The fourth-order valence-corrected chi connectivity index (χ4v) is 9.73. The Morgan fingerprint density at radius 3 is 2.23 bits per heavy atom. The average Bonchev–Trinajstić information content (AvgIpc) is 3.84. The van der Waals surface area contributed by atoms with Crippen LogP contribution in [0.2, 0.25) is 0 Å². The van der Waals surface area contributed by atoms with Crippen LogP contribution in [0.4, 0.5) is 0 Å². The number of para-hydroxylation sites is 1. The Morgan fingerprint density at radius 2 is 1.29 bits per heavy atom. The van der Waals surface area contributed by atoms with Crippen molar-refractivity contribution in [1.29, 1.82) is 0 Å². The topological polar surface area (TPSA) is 18.1 Å². The van der Waals surface area contributed by atoms with Crippen molar-refractivity contribution in [3.8, 4) is 27.9 Å². The molecular weight excluding hydrogens is 603 g/mol. The molecule has 0 atom stereocenters. The second-order valence-electron chi connectivity index (χ2n) is 13.7. The lowest BCUT2D eigenvalue weighted by Crippen LogP contribution is -2.14. The third kappa shape index (κ3) is 3.41. The molecule has 0 fully saturated rings. The molecule has 0 saturated heterocycles. The van der Waals surface area contributed by atoms with Gasteiger partial charge >= 0.3 is 0 Å². The van der Waals surface area contributed by atoms with Gasteiger partial charge in [-0.15, -0.1) is 11.3 Å². The van der Waals surface area contributed by atoms with Crippen molar-refractivity contribution in [3.63, 3.8) is 0 Å². The molecule has 0 amide bonds. The van der Waals surface area contributed by atoms with Crippen LogP contribution in [-0.2, 0) is 5.41 Å². The number of fused-ring (bicyclic) bond motifs is 12. The molecule has 0 N–H and O–H groups in total.